The van der Waals surface area contributed by atoms with E-state index in [1.54, 1.807) is 18.4 Å². The summed E-state index contributed by atoms with van der Waals surface area (Å²) in [4.78, 5) is 30.8. The van der Waals surface area contributed by atoms with Gasteiger partial charge in [-0.1, -0.05) is 24.3 Å². The molecular formula is C19H20N2O3S. The van der Waals surface area contributed by atoms with E-state index >= 15 is 0 Å². The van der Waals surface area contributed by atoms with Gasteiger partial charge in [0, 0.05) is 0 Å². The van der Waals surface area contributed by atoms with Gasteiger partial charge in [0.1, 0.15) is 15.5 Å². The molecule has 0 fully saturated rings. The maximum absolute atomic E-state index is 13.1. The highest BCUT2D eigenvalue weighted by Crippen LogP contribution is 2.28. The Morgan fingerprint density at radius 1 is 1.24 bits per heavy atom. The molecule has 0 spiro atoms. The first-order valence-corrected chi connectivity index (χ1v) is 8.97. The van der Waals surface area contributed by atoms with E-state index in [2.05, 4.69) is 4.98 Å². The van der Waals surface area contributed by atoms with Gasteiger partial charge in [0.15, 0.2) is 0 Å². The first-order valence-electron chi connectivity index (χ1n) is 8.16. The van der Waals surface area contributed by atoms with Gasteiger partial charge in [-0.05, 0) is 44.4 Å². The van der Waals surface area contributed by atoms with Crippen molar-refractivity contribution in [3.05, 3.63) is 62.0 Å². The molecule has 6 heteroatoms. The van der Waals surface area contributed by atoms with Crippen molar-refractivity contribution >= 4 is 27.5 Å². The molecule has 0 unspecified atom stereocenters. The smallest absolute Gasteiger partial charge is 0.348 e. The summed E-state index contributed by atoms with van der Waals surface area (Å²) in [6.45, 7) is 8.15. The first kappa shape index (κ1) is 17.4. The van der Waals surface area contributed by atoms with Gasteiger partial charge in [-0.2, -0.15) is 0 Å². The monoisotopic (exact) mass is 356 g/mol. The molecule has 0 saturated carbocycles. The van der Waals surface area contributed by atoms with E-state index in [0.717, 1.165) is 11.1 Å². The van der Waals surface area contributed by atoms with Crippen molar-refractivity contribution in [3.63, 3.8) is 0 Å². The van der Waals surface area contributed by atoms with E-state index in [1.807, 2.05) is 38.1 Å². The number of rotatable bonds is 4. The van der Waals surface area contributed by atoms with Gasteiger partial charge in [-0.15, -0.1) is 11.3 Å². The Hall–Kier alpha value is -2.47. The number of fused-ring (bicyclic) bond motifs is 1. The fraction of sp³-hybridized carbons (Fsp3) is 0.316. The highest BCUT2D eigenvalue weighted by molar-refractivity contribution is 7.20. The van der Waals surface area contributed by atoms with Crippen LogP contribution in [-0.2, 0) is 11.3 Å². The lowest BCUT2D eigenvalue weighted by Gasteiger charge is -2.11. The van der Waals surface area contributed by atoms with E-state index in [4.69, 9.17) is 4.74 Å². The van der Waals surface area contributed by atoms with E-state index < -0.39 is 5.97 Å². The second-order valence-electron chi connectivity index (χ2n) is 5.93. The van der Waals surface area contributed by atoms with E-state index in [0.29, 0.717) is 39.6 Å². The van der Waals surface area contributed by atoms with Crippen LogP contribution in [0.15, 0.2) is 29.1 Å². The average molecular weight is 356 g/mol. The summed E-state index contributed by atoms with van der Waals surface area (Å²) in [5.74, 6) is 0.239. The molecule has 0 atom stereocenters. The third-order valence-corrected chi connectivity index (χ3v) is 5.46. The minimum Gasteiger partial charge on any atom is -0.462 e. The lowest BCUT2D eigenvalue weighted by Crippen LogP contribution is -2.24. The number of aromatic nitrogens is 2. The van der Waals surface area contributed by atoms with E-state index in [1.165, 1.54) is 11.3 Å². The van der Waals surface area contributed by atoms with Gasteiger partial charge in [-0.25, -0.2) is 9.78 Å². The van der Waals surface area contributed by atoms with Crippen LogP contribution in [0.3, 0.4) is 0 Å². The van der Waals surface area contributed by atoms with Crippen molar-refractivity contribution < 1.29 is 9.53 Å². The SMILES string of the molecule is CCOC(=O)c1sc2nc(C)n(Cc3ccccc3C)c(=O)c2c1C. The number of thiophene rings is 1. The Morgan fingerprint density at radius 3 is 2.64 bits per heavy atom. The second-order valence-corrected chi connectivity index (χ2v) is 6.93. The van der Waals surface area contributed by atoms with Crippen LogP contribution >= 0.6 is 11.3 Å². The molecule has 0 aliphatic carbocycles. The third-order valence-electron chi connectivity index (χ3n) is 4.29. The number of hydrogen-bond acceptors (Lipinski definition) is 5. The quantitative estimate of drug-likeness (QED) is 0.670. The molecule has 1 aromatic carbocycles. The van der Waals surface area contributed by atoms with Crippen molar-refractivity contribution in [2.24, 2.45) is 0 Å². The fourth-order valence-electron chi connectivity index (χ4n) is 2.85. The van der Waals surface area contributed by atoms with Crippen molar-refractivity contribution in [2.75, 3.05) is 6.61 Å². The van der Waals surface area contributed by atoms with Crippen molar-refractivity contribution in [1.29, 1.82) is 0 Å². The highest BCUT2D eigenvalue weighted by Gasteiger charge is 2.21. The van der Waals surface area contributed by atoms with Crippen LogP contribution in [0.4, 0.5) is 0 Å². The Balaban J connectivity index is 2.15. The molecule has 0 aliphatic rings. The van der Waals surface area contributed by atoms with Gasteiger partial charge in [0.2, 0.25) is 0 Å². The van der Waals surface area contributed by atoms with Crippen LogP contribution in [0.1, 0.15) is 39.1 Å². The van der Waals surface area contributed by atoms with Gasteiger partial charge in [-0.3, -0.25) is 9.36 Å². The van der Waals surface area contributed by atoms with Gasteiger partial charge in [0.05, 0.1) is 18.5 Å². The van der Waals surface area contributed by atoms with E-state index in [9.17, 15) is 9.59 Å². The zero-order valence-electron chi connectivity index (χ0n) is 14.8. The molecule has 5 nitrogen and oxygen atoms in total. The number of benzene rings is 1. The number of nitrogens with zero attached hydrogens (tertiary/aromatic N) is 2. The number of hydrogen-bond donors (Lipinski definition) is 0. The lowest BCUT2D eigenvalue weighted by atomic mass is 10.1. The highest BCUT2D eigenvalue weighted by atomic mass is 32.1. The molecule has 2 heterocycles. The molecule has 3 aromatic rings. The largest absolute Gasteiger partial charge is 0.462 e. The normalized spacial score (nSPS) is 11.0. The topological polar surface area (TPSA) is 61.2 Å². The third kappa shape index (κ3) is 3.09. The summed E-state index contributed by atoms with van der Waals surface area (Å²) < 4.78 is 6.75. The number of ether oxygens (including phenoxy) is 1. The van der Waals surface area contributed by atoms with Crippen molar-refractivity contribution in [2.45, 2.75) is 34.2 Å². The standard InChI is InChI=1S/C19H20N2O3S/c1-5-24-19(23)16-12(3)15-17(25-16)20-13(4)21(18(15)22)10-14-9-7-6-8-11(14)2/h6-9H,5,10H2,1-4H3. The van der Waals surface area contributed by atoms with Crippen LogP contribution in [0.2, 0.25) is 0 Å². The number of aryl methyl sites for hydroxylation is 3. The maximum atomic E-state index is 13.1. The molecule has 3 rings (SSSR count). The number of carbonyl (C=O) groups excluding carboxylic acids is 1. The molecule has 0 radical (unpaired) electrons. The summed E-state index contributed by atoms with van der Waals surface area (Å²) in [5, 5.41) is 0.507. The lowest BCUT2D eigenvalue weighted by molar-refractivity contribution is 0.0531. The molecule has 0 aliphatic heterocycles. The van der Waals surface area contributed by atoms with Crippen LogP contribution in [0, 0.1) is 20.8 Å². The van der Waals surface area contributed by atoms with E-state index in [-0.39, 0.29) is 5.56 Å². The number of esters is 1. The van der Waals surface area contributed by atoms with Crippen LogP contribution in [0.5, 0.6) is 0 Å². The molecule has 0 saturated heterocycles. The Kier molecular flexibility index (Phi) is 4.72. The van der Waals surface area contributed by atoms with Crippen LogP contribution in [0.25, 0.3) is 10.2 Å². The summed E-state index contributed by atoms with van der Waals surface area (Å²) in [5.41, 5.74) is 2.74. The predicted molar refractivity (Wildman–Crippen MR) is 99.6 cm³/mol. The molecule has 130 valence electrons. The summed E-state index contributed by atoms with van der Waals surface area (Å²) >= 11 is 1.22. The first-order chi connectivity index (χ1) is 11.9. The van der Waals surface area contributed by atoms with Crippen LogP contribution in [-0.4, -0.2) is 22.1 Å². The zero-order chi connectivity index (χ0) is 18.1. The molecule has 2 aromatic heterocycles. The zero-order valence-corrected chi connectivity index (χ0v) is 15.6. The minimum atomic E-state index is -0.398. The van der Waals surface area contributed by atoms with Gasteiger partial charge in [0.25, 0.3) is 5.56 Å². The molecule has 0 bridgehead atoms. The molecule has 0 N–H and O–H groups in total. The molecular weight excluding hydrogens is 336 g/mol. The average Bonchev–Trinajstić information content (AvgIpc) is 2.90. The predicted octanol–water partition coefficient (Wildman–Crippen LogP) is 3.61. The number of carbonyl (C=O) groups is 1. The second kappa shape index (κ2) is 6.80. The van der Waals surface area contributed by atoms with Crippen molar-refractivity contribution in [3.8, 4) is 0 Å². The molecule has 25 heavy (non-hydrogen) atoms. The Labute approximate surface area is 149 Å². The minimum absolute atomic E-state index is 0.116. The van der Waals surface area contributed by atoms with Crippen LogP contribution < -0.4 is 5.56 Å². The Bertz CT molecular complexity index is 1020. The summed E-state index contributed by atoms with van der Waals surface area (Å²) in [6, 6.07) is 7.97. The van der Waals surface area contributed by atoms with Gasteiger partial charge < -0.3 is 4.74 Å². The van der Waals surface area contributed by atoms with Crippen molar-refractivity contribution in [1.82, 2.24) is 9.55 Å². The maximum Gasteiger partial charge on any atom is 0.348 e. The summed E-state index contributed by atoms with van der Waals surface area (Å²) in [7, 11) is 0. The Morgan fingerprint density at radius 2 is 1.96 bits per heavy atom. The fourth-order valence-corrected chi connectivity index (χ4v) is 3.96. The van der Waals surface area contributed by atoms with Gasteiger partial charge >= 0.3 is 5.97 Å². The summed E-state index contributed by atoms with van der Waals surface area (Å²) in [6.07, 6.45) is 0. The molecule has 0 amide bonds.